The summed E-state index contributed by atoms with van der Waals surface area (Å²) in [6.07, 6.45) is 0.884. The molecule has 0 amide bonds. The Hall–Kier alpha value is -0.120. The molecule has 3 nitrogen and oxygen atoms in total. The van der Waals surface area contributed by atoms with Gasteiger partial charge in [-0.25, -0.2) is 0 Å². The van der Waals surface area contributed by atoms with E-state index in [-0.39, 0.29) is 6.10 Å². The summed E-state index contributed by atoms with van der Waals surface area (Å²) < 4.78 is 0. The van der Waals surface area contributed by atoms with Crippen LogP contribution in [0.15, 0.2) is 0 Å². The SMILES string of the molecule is CCN(CC)CCN1CCC(O)C1. The molecule has 1 rings (SSSR count). The molecule has 1 unspecified atom stereocenters. The van der Waals surface area contributed by atoms with Crippen molar-refractivity contribution in [3.05, 3.63) is 0 Å². The summed E-state index contributed by atoms with van der Waals surface area (Å²) in [5.41, 5.74) is 0. The van der Waals surface area contributed by atoms with E-state index in [0.29, 0.717) is 0 Å². The molecule has 1 N–H and O–H groups in total. The van der Waals surface area contributed by atoms with Crippen LogP contribution in [0.25, 0.3) is 0 Å². The van der Waals surface area contributed by atoms with Gasteiger partial charge in [0, 0.05) is 26.2 Å². The van der Waals surface area contributed by atoms with Gasteiger partial charge < -0.3 is 10.0 Å². The lowest BCUT2D eigenvalue weighted by Gasteiger charge is -2.22. The van der Waals surface area contributed by atoms with E-state index in [4.69, 9.17) is 0 Å². The second-order valence-corrected chi connectivity index (χ2v) is 3.77. The van der Waals surface area contributed by atoms with Crippen LogP contribution < -0.4 is 0 Å². The van der Waals surface area contributed by atoms with Gasteiger partial charge in [0.25, 0.3) is 0 Å². The Morgan fingerprint density at radius 2 is 2.08 bits per heavy atom. The lowest BCUT2D eigenvalue weighted by molar-refractivity contribution is 0.169. The molecule has 0 aliphatic carbocycles. The van der Waals surface area contributed by atoms with E-state index in [0.717, 1.165) is 45.7 Å². The molecule has 1 atom stereocenters. The zero-order valence-corrected chi connectivity index (χ0v) is 8.87. The number of rotatable bonds is 5. The number of β-amino-alcohol motifs (C(OH)–C–C–N with tert-alkyl or cyclic N) is 1. The van der Waals surface area contributed by atoms with Crippen LogP contribution in [0.1, 0.15) is 20.3 Å². The first-order valence-electron chi connectivity index (χ1n) is 5.39. The molecule has 1 heterocycles. The minimum absolute atomic E-state index is 0.0725. The van der Waals surface area contributed by atoms with Gasteiger partial charge in [-0.1, -0.05) is 13.8 Å². The second kappa shape index (κ2) is 5.58. The minimum atomic E-state index is -0.0725. The molecule has 1 aliphatic heterocycles. The molecule has 0 aromatic carbocycles. The highest BCUT2D eigenvalue weighted by Crippen LogP contribution is 2.07. The summed E-state index contributed by atoms with van der Waals surface area (Å²) in [7, 11) is 0. The van der Waals surface area contributed by atoms with E-state index >= 15 is 0 Å². The van der Waals surface area contributed by atoms with Crippen molar-refractivity contribution in [1.82, 2.24) is 9.80 Å². The zero-order chi connectivity index (χ0) is 9.68. The Bertz CT molecular complexity index is 137. The molecule has 0 saturated carbocycles. The van der Waals surface area contributed by atoms with Gasteiger partial charge in [0.15, 0.2) is 0 Å². The highest BCUT2D eigenvalue weighted by Gasteiger charge is 2.19. The van der Waals surface area contributed by atoms with Gasteiger partial charge in [-0.05, 0) is 19.5 Å². The lowest BCUT2D eigenvalue weighted by atomic mass is 10.3. The molecular weight excluding hydrogens is 164 g/mol. The Balaban J connectivity index is 2.11. The zero-order valence-electron chi connectivity index (χ0n) is 8.87. The summed E-state index contributed by atoms with van der Waals surface area (Å²) in [6.45, 7) is 10.9. The molecular formula is C10H22N2O. The van der Waals surface area contributed by atoms with Crippen LogP contribution in [0.3, 0.4) is 0 Å². The maximum absolute atomic E-state index is 9.32. The van der Waals surface area contributed by atoms with Gasteiger partial charge in [-0.15, -0.1) is 0 Å². The van der Waals surface area contributed by atoms with Crippen molar-refractivity contribution in [3.8, 4) is 0 Å². The average Bonchev–Trinajstić information content (AvgIpc) is 2.53. The topological polar surface area (TPSA) is 26.7 Å². The fourth-order valence-corrected chi connectivity index (χ4v) is 1.84. The van der Waals surface area contributed by atoms with Crippen LogP contribution in [0.2, 0.25) is 0 Å². The molecule has 0 spiro atoms. The quantitative estimate of drug-likeness (QED) is 0.673. The molecule has 1 aliphatic rings. The van der Waals surface area contributed by atoms with Crippen molar-refractivity contribution >= 4 is 0 Å². The molecule has 0 aromatic heterocycles. The predicted molar refractivity (Wildman–Crippen MR) is 54.9 cm³/mol. The smallest absolute Gasteiger partial charge is 0.0679 e. The molecule has 1 fully saturated rings. The van der Waals surface area contributed by atoms with Gasteiger partial charge in [-0.2, -0.15) is 0 Å². The molecule has 78 valence electrons. The number of likely N-dealkylation sites (tertiary alicyclic amines) is 1. The summed E-state index contributed by atoms with van der Waals surface area (Å²) in [5.74, 6) is 0. The molecule has 0 aromatic rings. The number of nitrogens with zero attached hydrogens (tertiary/aromatic N) is 2. The van der Waals surface area contributed by atoms with Crippen LogP contribution in [0, 0.1) is 0 Å². The highest BCUT2D eigenvalue weighted by atomic mass is 16.3. The van der Waals surface area contributed by atoms with Crippen molar-refractivity contribution in [2.75, 3.05) is 39.3 Å². The van der Waals surface area contributed by atoms with Crippen LogP contribution in [-0.2, 0) is 0 Å². The van der Waals surface area contributed by atoms with Crippen molar-refractivity contribution in [2.24, 2.45) is 0 Å². The number of hydrogen-bond donors (Lipinski definition) is 1. The summed E-state index contributed by atoms with van der Waals surface area (Å²) in [5, 5.41) is 9.32. The van der Waals surface area contributed by atoms with E-state index in [1.165, 1.54) is 0 Å². The highest BCUT2D eigenvalue weighted by molar-refractivity contribution is 4.74. The molecule has 13 heavy (non-hydrogen) atoms. The van der Waals surface area contributed by atoms with Crippen LogP contribution in [-0.4, -0.2) is 60.3 Å². The van der Waals surface area contributed by atoms with Gasteiger partial charge in [0.1, 0.15) is 0 Å². The first kappa shape index (κ1) is 11.0. The minimum Gasteiger partial charge on any atom is -0.392 e. The maximum Gasteiger partial charge on any atom is 0.0679 e. The van der Waals surface area contributed by atoms with Crippen LogP contribution in [0.5, 0.6) is 0 Å². The van der Waals surface area contributed by atoms with Gasteiger partial charge >= 0.3 is 0 Å². The third kappa shape index (κ3) is 3.63. The van der Waals surface area contributed by atoms with E-state index < -0.39 is 0 Å². The summed E-state index contributed by atoms with van der Waals surface area (Å²) in [4.78, 5) is 4.77. The number of aliphatic hydroxyl groups is 1. The van der Waals surface area contributed by atoms with Crippen molar-refractivity contribution in [2.45, 2.75) is 26.4 Å². The summed E-state index contributed by atoms with van der Waals surface area (Å²) in [6, 6.07) is 0. The number of hydrogen-bond acceptors (Lipinski definition) is 3. The molecule has 0 bridgehead atoms. The first-order chi connectivity index (χ1) is 6.26. The van der Waals surface area contributed by atoms with Gasteiger partial charge in [0.05, 0.1) is 6.10 Å². The summed E-state index contributed by atoms with van der Waals surface area (Å²) >= 11 is 0. The van der Waals surface area contributed by atoms with Gasteiger partial charge in [-0.3, -0.25) is 4.90 Å². The predicted octanol–water partition coefficient (Wildman–Crippen LogP) is 0.395. The Morgan fingerprint density at radius 3 is 2.54 bits per heavy atom. The third-order valence-corrected chi connectivity index (χ3v) is 2.87. The Labute approximate surface area is 81.3 Å². The lowest BCUT2D eigenvalue weighted by Crippen LogP contribution is -2.34. The van der Waals surface area contributed by atoms with E-state index in [1.54, 1.807) is 0 Å². The average molecular weight is 186 g/mol. The number of aliphatic hydroxyl groups excluding tert-OH is 1. The number of likely N-dealkylation sites (N-methyl/N-ethyl adjacent to an activating group) is 1. The Morgan fingerprint density at radius 1 is 1.38 bits per heavy atom. The monoisotopic (exact) mass is 186 g/mol. The van der Waals surface area contributed by atoms with E-state index in [2.05, 4.69) is 23.6 Å². The fourth-order valence-electron chi connectivity index (χ4n) is 1.84. The second-order valence-electron chi connectivity index (χ2n) is 3.77. The molecule has 1 saturated heterocycles. The largest absolute Gasteiger partial charge is 0.392 e. The third-order valence-electron chi connectivity index (χ3n) is 2.87. The Kier molecular flexibility index (Phi) is 4.70. The first-order valence-corrected chi connectivity index (χ1v) is 5.39. The van der Waals surface area contributed by atoms with Gasteiger partial charge in [0.2, 0.25) is 0 Å². The van der Waals surface area contributed by atoms with Crippen molar-refractivity contribution in [1.29, 1.82) is 0 Å². The maximum atomic E-state index is 9.32. The van der Waals surface area contributed by atoms with Crippen LogP contribution >= 0.6 is 0 Å². The van der Waals surface area contributed by atoms with E-state index in [1.807, 2.05) is 0 Å². The van der Waals surface area contributed by atoms with Crippen molar-refractivity contribution < 1.29 is 5.11 Å². The normalized spacial score (nSPS) is 24.5. The fraction of sp³-hybridized carbons (Fsp3) is 1.00. The van der Waals surface area contributed by atoms with Crippen molar-refractivity contribution in [3.63, 3.8) is 0 Å². The molecule has 3 heteroatoms. The standard InChI is InChI=1S/C10H22N2O/c1-3-11(4-2)7-8-12-6-5-10(13)9-12/h10,13H,3-9H2,1-2H3. The van der Waals surface area contributed by atoms with Crippen LogP contribution in [0.4, 0.5) is 0 Å². The van der Waals surface area contributed by atoms with E-state index in [9.17, 15) is 5.11 Å². The molecule has 0 radical (unpaired) electrons.